The van der Waals surface area contributed by atoms with Gasteiger partial charge in [0.05, 0.1) is 0 Å². The monoisotopic (exact) mass is 402 g/mol. The molecule has 0 unspecified atom stereocenters. The second-order valence-electron chi connectivity index (χ2n) is 4.83. The first-order valence-corrected chi connectivity index (χ1v) is 8.47. The van der Waals surface area contributed by atoms with Crippen molar-refractivity contribution >= 4 is 31.9 Å². The molecular formula is C16H14Br2F2. The van der Waals surface area contributed by atoms with Crippen molar-refractivity contribution in [2.24, 2.45) is 0 Å². The topological polar surface area (TPSA) is 0 Å². The third-order valence-electron chi connectivity index (χ3n) is 3.41. The smallest absolute Gasteiger partial charge is 0.127 e. The number of alkyl halides is 2. The van der Waals surface area contributed by atoms with Gasteiger partial charge in [-0.1, -0.05) is 62.2 Å². The van der Waals surface area contributed by atoms with Crippen molar-refractivity contribution in [3.63, 3.8) is 0 Å². The average Bonchev–Trinajstić information content (AvgIpc) is 2.48. The third kappa shape index (κ3) is 3.29. The minimum atomic E-state index is -0.400. The molecule has 0 saturated carbocycles. The molecule has 0 bridgehead atoms. The van der Waals surface area contributed by atoms with E-state index in [1.54, 1.807) is 24.3 Å². The normalized spacial score (nSPS) is 11.6. The maximum absolute atomic E-state index is 14.1. The number of halogens is 4. The van der Waals surface area contributed by atoms with Crippen LogP contribution in [0.4, 0.5) is 8.78 Å². The van der Waals surface area contributed by atoms with Gasteiger partial charge in [0.15, 0.2) is 0 Å². The maximum atomic E-state index is 14.1. The lowest BCUT2D eigenvalue weighted by Gasteiger charge is -2.31. The van der Waals surface area contributed by atoms with Crippen molar-refractivity contribution < 1.29 is 8.78 Å². The van der Waals surface area contributed by atoms with Gasteiger partial charge >= 0.3 is 0 Å². The van der Waals surface area contributed by atoms with E-state index in [0.29, 0.717) is 22.6 Å². The number of benzene rings is 2. The van der Waals surface area contributed by atoms with Crippen LogP contribution in [-0.2, 0) is 11.8 Å². The number of hydrogen-bond acceptors (Lipinski definition) is 0. The van der Waals surface area contributed by atoms with Gasteiger partial charge in [-0.3, -0.25) is 0 Å². The number of rotatable bonds is 5. The van der Waals surface area contributed by atoms with Gasteiger partial charge in [-0.15, -0.1) is 0 Å². The molecule has 0 N–H and O–H groups in total. The average molecular weight is 404 g/mol. The Morgan fingerprint density at radius 1 is 0.850 bits per heavy atom. The van der Waals surface area contributed by atoms with Crippen LogP contribution in [0.3, 0.4) is 0 Å². The van der Waals surface area contributed by atoms with Crippen molar-refractivity contribution in [3.05, 3.63) is 71.3 Å². The van der Waals surface area contributed by atoms with Crippen LogP contribution in [0.5, 0.6) is 0 Å². The van der Waals surface area contributed by atoms with Crippen LogP contribution >= 0.6 is 31.9 Å². The standard InChI is InChI=1S/C16H14Br2F2/c17-10-16(11-18,14-3-1-2-4-15(14)20)9-12-5-7-13(19)8-6-12/h1-8H,9-11H2. The first-order valence-electron chi connectivity index (χ1n) is 6.23. The van der Waals surface area contributed by atoms with E-state index in [9.17, 15) is 8.78 Å². The van der Waals surface area contributed by atoms with Crippen LogP contribution < -0.4 is 0 Å². The van der Waals surface area contributed by atoms with Crippen LogP contribution in [0.1, 0.15) is 11.1 Å². The van der Waals surface area contributed by atoms with Crippen molar-refractivity contribution in [2.45, 2.75) is 11.8 Å². The van der Waals surface area contributed by atoms with Gasteiger partial charge in [-0.2, -0.15) is 0 Å². The van der Waals surface area contributed by atoms with Crippen molar-refractivity contribution in [3.8, 4) is 0 Å². The molecule has 0 aromatic heterocycles. The molecule has 0 aliphatic rings. The SMILES string of the molecule is Fc1ccc(CC(CBr)(CBr)c2ccccc2F)cc1. The molecule has 0 spiro atoms. The Balaban J connectivity index is 2.39. The van der Waals surface area contributed by atoms with E-state index >= 15 is 0 Å². The van der Waals surface area contributed by atoms with E-state index in [2.05, 4.69) is 31.9 Å². The molecule has 2 rings (SSSR count). The molecule has 0 aliphatic carbocycles. The van der Waals surface area contributed by atoms with E-state index in [4.69, 9.17) is 0 Å². The minimum Gasteiger partial charge on any atom is -0.207 e. The van der Waals surface area contributed by atoms with Gasteiger partial charge in [-0.25, -0.2) is 8.78 Å². The van der Waals surface area contributed by atoms with Crippen LogP contribution in [-0.4, -0.2) is 10.7 Å². The summed E-state index contributed by atoms with van der Waals surface area (Å²) in [5.41, 5.74) is 1.25. The predicted octanol–water partition coefficient (Wildman–Crippen LogP) is 5.24. The Kier molecular flexibility index (Phi) is 5.33. The zero-order valence-electron chi connectivity index (χ0n) is 10.8. The Labute approximate surface area is 134 Å². The summed E-state index contributed by atoms with van der Waals surface area (Å²) in [5.74, 6) is -0.476. The lowest BCUT2D eigenvalue weighted by Crippen LogP contribution is -2.34. The molecule has 0 amide bonds. The first kappa shape index (κ1) is 15.6. The van der Waals surface area contributed by atoms with Gasteiger partial charge in [0.1, 0.15) is 11.6 Å². The molecule has 20 heavy (non-hydrogen) atoms. The molecule has 2 aromatic rings. The molecule has 0 heterocycles. The molecule has 4 heteroatoms. The fraction of sp³-hybridized carbons (Fsp3) is 0.250. The lowest BCUT2D eigenvalue weighted by atomic mass is 9.79. The zero-order valence-corrected chi connectivity index (χ0v) is 13.9. The van der Waals surface area contributed by atoms with Gasteiger partial charge in [0, 0.05) is 16.1 Å². The summed E-state index contributed by atoms with van der Waals surface area (Å²) in [6.45, 7) is 0. The van der Waals surface area contributed by atoms with E-state index < -0.39 is 5.41 Å². The highest BCUT2D eigenvalue weighted by Crippen LogP contribution is 2.34. The second kappa shape index (κ2) is 6.81. The zero-order chi connectivity index (χ0) is 14.6. The Morgan fingerprint density at radius 3 is 2.00 bits per heavy atom. The van der Waals surface area contributed by atoms with E-state index in [-0.39, 0.29) is 11.6 Å². The van der Waals surface area contributed by atoms with Gasteiger partial charge in [-0.05, 0) is 35.7 Å². The molecule has 0 radical (unpaired) electrons. The molecule has 0 nitrogen and oxygen atoms in total. The van der Waals surface area contributed by atoms with E-state index in [1.165, 1.54) is 18.2 Å². The van der Waals surface area contributed by atoms with E-state index in [0.717, 1.165) is 5.56 Å². The van der Waals surface area contributed by atoms with Crippen LogP contribution in [0.15, 0.2) is 48.5 Å². The van der Waals surface area contributed by atoms with Crippen LogP contribution in [0, 0.1) is 11.6 Å². The lowest BCUT2D eigenvalue weighted by molar-refractivity contribution is 0.500. The van der Waals surface area contributed by atoms with Crippen LogP contribution in [0.2, 0.25) is 0 Å². The summed E-state index contributed by atoms with van der Waals surface area (Å²) < 4.78 is 27.1. The maximum Gasteiger partial charge on any atom is 0.127 e. The Morgan fingerprint density at radius 2 is 1.45 bits per heavy atom. The summed E-state index contributed by atoms with van der Waals surface area (Å²) in [6, 6.07) is 13.2. The summed E-state index contributed by atoms with van der Waals surface area (Å²) in [6.07, 6.45) is 0.630. The first-order chi connectivity index (χ1) is 9.61. The molecule has 0 saturated heterocycles. The van der Waals surface area contributed by atoms with Crippen LogP contribution in [0.25, 0.3) is 0 Å². The third-order valence-corrected chi connectivity index (χ3v) is 5.56. The summed E-state index contributed by atoms with van der Waals surface area (Å²) in [5, 5.41) is 1.23. The Hall–Kier alpha value is -0.740. The highest BCUT2D eigenvalue weighted by atomic mass is 79.9. The van der Waals surface area contributed by atoms with Gasteiger partial charge in [0.25, 0.3) is 0 Å². The summed E-state index contributed by atoms with van der Waals surface area (Å²) >= 11 is 7.01. The fourth-order valence-corrected chi connectivity index (χ4v) is 4.18. The number of hydrogen-bond donors (Lipinski definition) is 0. The molecule has 0 fully saturated rings. The molecule has 0 aliphatic heterocycles. The fourth-order valence-electron chi connectivity index (χ4n) is 2.25. The quantitative estimate of drug-likeness (QED) is 0.599. The van der Waals surface area contributed by atoms with Crippen molar-refractivity contribution in [2.75, 3.05) is 10.7 Å². The highest BCUT2D eigenvalue weighted by molar-refractivity contribution is 9.09. The highest BCUT2D eigenvalue weighted by Gasteiger charge is 2.32. The van der Waals surface area contributed by atoms with Gasteiger partial charge < -0.3 is 0 Å². The summed E-state index contributed by atoms with van der Waals surface area (Å²) in [7, 11) is 0. The van der Waals surface area contributed by atoms with Crippen molar-refractivity contribution in [1.82, 2.24) is 0 Å². The molecule has 106 valence electrons. The second-order valence-corrected chi connectivity index (χ2v) is 5.95. The molecule has 2 aromatic carbocycles. The largest absolute Gasteiger partial charge is 0.207 e. The Bertz CT molecular complexity index is 563. The predicted molar refractivity (Wildman–Crippen MR) is 85.8 cm³/mol. The van der Waals surface area contributed by atoms with Crippen molar-refractivity contribution in [1.29, 1.82) is 0 Å². The minimum absolute atomic E-state index is 0.214. The summed E-state index contributed by atoms with van der Waals surface area (Å²) in [4.78, 5) is 0. The van der Waals surface area contributed by atoms with E-state index in [1.807, 2.05) is 6.07 Å². The van der Waals surface area contributed by atoms with Gasteiger partial charge in [0.2, 0.25) is 0 Å². The molecular weight excluding hydrogens is 390 g/mol. The molecule has 0 atom stereocenters.